The lowest BCUT2D eigenvalue weighted by atomic mass is 10.1. The van der Waals surface area contributed by atoms with Crippen molar-refractivity contribution in [1.29, 1.82) is 0 Å². The van der Waals surface area contributed by atoms with Crippen LogP contribution in [0.4, 0.5) is 5.69 Å². The number of amides is 1. The molecule has 27 heavy (non-hydrogen) atoms. The van der Waals surface area contributed by atoms with E-state index in [2.05, 4.69) is 10.3 Å². The molecule has 1 N–H and O–H groups in total. The molecule has 1 saturated heterocycles. The van der Waals surface area contributed by atoms with Gasteiger partial charge in [0.05, 0.1) is 23.2 Å². The summed E-state index contributed by atoms with van der Waals surface area (Å²) in [4.78, 5) is 28.1. The van der Waals surface area contributed by atoms with Crippen LogP contribution in [0, 0.1) is 6.92 Å². The van der Waals surface area contributed by atoms with Crippen molar-refractivity contribution in [3.05, 3.63) is 64.1 Å². The van der Waals surface area contributed by atoms with Crippen molar-refractivity contribution < 1.29 is 19.4 Å². The summed E-state index contributed by atoms with van der Waals surface area (Å²) in [7, 11) is 0. The van der Waals surface area contributed by atoms with E-state index in [0.717, 1.165) is 16.9 Å². The number of carboxylic acid groups (broad SMARTS) is 1. The fourth-order valence-electron chi connectivity index (χ4n) is 2.43. The van der Waals surface area contributed by atoms with Gasteiger partial charge in [0, 0.05) is 0 Å². The van der Waals surface area contributed by atoms with E-state index in [1.807, 2.05) is 38.1 Å². The highest BCUT2D eigenvalue weighted by atomic mass is 32.2. The molecule has 0 aliphatic carbocycles. The molecule has 0 aromatic heterocycles. The third kappa shape index (κ3) is 4.57. The fourth-order valence-corrected chi connectivity index (χ4v) is 3.26. The van der Waals surface area contributed by atoms with Gasteiger partial charge in [0.25, 0.3) is 5.91 Å². The molecular weight excluding hydrogens is 364 g/mol. The fraction of sp³-hybridized carbons (Fsp3) is 0.150. The van der Waals surface area contributed by atoms with Gasteiger partial charge in [-0.1, -0.05) is 24.3 Å². The second kappa shape index (κ2) is 8.09. The molecule has 0 spiro atoms. The van der Waals surface area contributed by atoms with Gasteiger partial charge in [0.15, 0.2) is 5.17 Å². The Morgan fingerprint density at radius 2 is 2.00 bits per heavy atom. The van der Waals surface area contributed by atoms with Gasteiger partial charge in [-0.05, 0) is 66.6 Å². The first-order valence-corrected chi connectivity index (χ1v) is 9.12. The van der Waals surface area contributed by atoms with Crippen molar-refractivity contribution in [1.82, 2.24) is 5.32 Å². The summed E-state index contributed by atoms with van der Waals surface area (Å²) < 4.78 is 5.40. The first kappa shape index (κ1) is 18.7. The molecule has 0 radical (unpaired) electrons. The Morgan fingerprint density at radius 1 is 1.26 bits per heavy atom. The highest BCUT2D eigenvalue weighted by Gasteiger charge is 2.24. The minimum absolute atomic E-state index is 0.0411. The highest BCUT2D eigenvalue weighted by molar-refractivity contribution is 8.18. The van der Waals surface area contributed by atoms with Crippen LogP contribution in [0.15, 0.2) is 52.4 Å². The molecule has 1 aliphatic heterocycles. The van der Waals surface area contributed by atoms with Crippen LogP contribution in [0.2, 0.25) is 0 Å². The van der Waals surface area contributed by atoms with E-state index < -0.39 is 5.97 Å². The summed E-state index contributed by atoms with van der Waals surface area (Å²) in [5, 5.41) is 14.1. The van der Waals surface area contributed by atoms with Crippen molar-refractivity contribution >= 4 is 40.6 Å². The topological polar surface area (TPSA) is 90.8 Å². The van der Waals surface area contributed by atoms with E-state index in [4.69, 9.17) is 4.74 Å². The van der Waals surface area contributed by atoms with E-state index >= 15 is 0 Å². The SMILES string of the molecule is CCOc1ccc(/C=C2\SC(=Nc3cc(C(=O)[O-])ccc3C)NC2=O)cc1. The maximum atomic E-state index is 12.2. The average Bonchev–Trinajstić information content (AvgIpc) is 2.98. The van der Waals surface area contributed by atoms with Gasteiger partial charge in [-0.15, -0.1) is 0 Å². The second-order valence-corrected chi connectivity index (χ2v) is 6.80. The minimum atomic E-state index is -1.27. The summed E-state index contributed by atoms with van der Waals surface area (Å²) in [6.45, 7) is 4.33. The van der Waals surface area contributed by atoms with Crippen LogP contribution >= 0.6 is 11.8 Å². The molecule has 138 valence electrons. The number of aryl methyl sites for hydroxylation is 1. The van der Waals surface area contributed by atoms with Gasteiger partial charge in [-0.2, -0.15) is 0 Å². The Morgan fingerprint density at radius 3 is 2.67 bits per heavy atom. The van der Waals surface area contributed by atoms with Crippen molar-refractivity contribution in [2.45, 2.75) is 13.8 Å². The Labute approximate surface area is 161 Å². The number of thioether (sulfide) groups is 1. The summed E-state index contributed by atoms with van der Waals surface area (Å²) >= 11 is 1.20. The monoisotopic (exact) mass is 381 g/mol. The molecule has 1 aliphatic rings. The van der Waals surface area contributed by atoms with Crippen LogP contribution in [0.1, 0.15) is 28.4 Å². The molecule has 1 amide bonds. The maximum Gasteiger partial charge on any atom is 0.264 e. The van der Waals surface area contributed by atoms with E-state index in [9.17, 15) is 14.7 Å². The van der Waals surface area contributed by atoms with E-state index in [0.29, 0.717) is 22.4 Å². The zero-order valence-electron chi connectivity index (χ0n) is 14.8. The van der Waals surface area contributed by atoms with Crippen LogP contribution in [0.5, 0.6) is 5.75 Å². The zero-order chi connectivity index (χ0) is 19.4. The van der Waals surface area contributed by atoms with Crippen LogP contribution in [0.25, 0.3) is 6.08 Å². The third-order valence-electron chi connectivity index (χ3n) is 3.81. The minimum Gasteiger partial charge on any atom is -0.545 e. The number of amidine groups is 1. The van der Waals surface area contributed by atoms with Gasteiger partial charge in [0.1, 0.15) is 5.75 Å². The standard InChI is InChI=1S/C20H18N2O4S/c1-3-26-15-8-5-13(6-9-15)10-17-18(23)22-20(27-17)21-16-11-14(19(24)25)7-4-12(16)2/h4-11H,3H2,1-2H3,(H,24,25)(H,21,22,23)/p-1/b17-10-. The van der Waals surface area contributed by atoms with Crippen molar-refractivity contribution in [3.63, 3.8) is 0 Å². The molecule has 0 saturated carbocycles. The largest absolute Gasteiger partial charge is 0.545 e. The van der Waals surface area contributed by atoms with Crippen molar-refractivity contribution in [2.75, 3.05) is 6.61 Å². The molecule has 2 aromatic carbocycles. The first-order valence-electron chi connectivity index (χ1n) is 8.30. The summed E-state index contributed by atoms with van der Waals surface area (Å²) in [6, 6.07) is 12.0. The third-order valence-corrected chi connectivity index (χ3v) is 4.72. The molecular formula is C20H17N2O4S-. The summed E-state index contributed by atoms with van der Waals surface area (Å²) in [5.74, 6) is -0.745. The lowest BCUT2D eigenvalue weighted by Crippen LogP contribution is -2.22. The number of hydrogen-bond donors (Lipinski definition) is 1. The van der Waals surface area contributed by atoms with E-state index in [1.54, 1.807) is 12.1 Å². The predicted octanol–water partition coefficient (Wildman–Crippen LogP) is 2.65. The Kier molecular flexibility index (Phi) is 5.61. The van der Waals surface area contributed by atoms with Crippen molar-refractivity contribution in [3.8, 4) is 5.75 Å². The second-order valence-electron chi connectivity index (χ2n) is 5.77. The van der Waals surface area contributed by atoms with Crippen LogP contribution in [-0.4, -0.2) is 23.7 Å². The van der Waals surface area contributed by atoms with Gasteiger partial charge in [-0.3, -0.25) is 4.79 Å². The number of carbonyl (C=O) groups excluding carboxylic acids is 2. The van der Waals surface area contributed by atoms with Crippen molar-refractivity contribution in [2.24, 2.45) is 4.99 Å². The summed E-state index contributed by atoms with van der Waals surface area (Å²) in [5.41, 5.74) is 2.18. The number of carboxylic acids is 1. The average molecular weight is 381 g/mol. The van der Waals surface area contributed by atoms with Gasteiger partial charge >= 0.3 is 0 Å². The molecule has 6 nitrogen and oxygen atoms in total. The molecule has 0 unspecified atom stereocenters. The van der Waals surface area contributed by atoms with Gasteiger partial charge < -0.3 is 20.0 Å². The predicted molar refractivity (Wildman–Crippen MR) is 104 cm³/mol. The number of nitrogens with zero attached hydrogens (tertiary/aromatic N) is 1. The molecule has 1 heterocycles. The quantitative estimate of drug-likeness (QED) is 0.804. The van der Waals surface area contributed by atoms with Gasteiger partial charge in [0.2, 0.25) is 0 Å². The van der Waals surface area contributed by atoms with E-state index in [-0.39, 0.29) is 11.5 Å². The number of ether oxygens (including phenoxy) is 1. The number of aliphatic imine (C=N–C) groups is 1. The molecule has 7 heteroatoms. The van der Waals surface area contributed by atoms with Crippen LogP contribution in [-0.2, 0) is 4.79 Å². The number of hydrogen-bond acceptors (Lipinski definition) is 6. The normalized spacial score (nSPS) is 16.6. The highest BCUT2D eigenvalue weighted by Crippen LogP contribution is 2.29. The Bertz CT molecular complexity index is 949. The van der Waals surface area contributed by atoms with E-state index in [1.165, 1.54) is 23.9 Å². The number of nitrogens with one attached hydrogen (secondary N) is 1. The molecule has 0 atom stereocenters. The Hall–Kier alpha value is -3.06. The van der Waals surface area contributed by atoms with Crippen LogP contribution in [0.3, 0.4) is 0 Å². The molecule has 0 bridgehead atoms. The Balaban J connectivity index is 1.82. The zero-order valence-corrected chi connectivity index (χ0v) is 15.6. The van der Waals surface area contributed by atoms with Gasteiger partial charge in [-0.25, -0.2) is 4.99 Å². The number of aromatic carboxylic acids is 1. The smallest absolute Gasteiger partial charge is 0.264 e. The molecule has 2 aromatic rings. The first-order chi connectivity index (χ1) is 13.0. The summed E-state index contributed by atoms with van der Waals surface area (Å²) in [6.07, 6.45) is 1.77. The number of rotatable bonds is 5. The maximum absolute atomic E-state index is 12.2. The lowest BCUT2D eigenvalue weighted by Gasteiger charge is -2.06. The number of benzene rings is 2. The molecule has 3 rings (SSSR count). The van der Waals surface area contributed by atoms with Crippen LogP contribution < -0.4 is 15.2 Å². The molecule has 1 fully saturated rings. The lowest BCUT2D eigenvalue weighted by molar-refractivity contribution is -0.255. The number of carbonyl (C=O) groups is 2.